The molecule has 1 heterocycles. The number of likely N-dealkylation sites (N-methyl/N-ethyl adjacent to an activating group) is 1. The van der Waals surface area contributed by atoms with Crippen LogP contribution in [0.4, 0.5) is 24.8 Å². The van der Waals surface area contributed by atoms with E-state index in [1.165, 1.54) is 0 Å². The molecule has 1 rings (SSSR count). The van der Waals surface area contributed by atoms with Crippen molar-refractivity contribution in [2.24, 2.45) is 0 Å². The van der Waals surface area contributed by atoms with Gasteiger partial charge in [-0.3, -0.25) is 4.79 Å². The predicted molar refractivity (Wildman–Crippen MR) is 70.1 cm³/mol. The minimum atomic E-state index is -4.50. The monoisotopic (exact) mass is 290 g/mol. The lowest BCUT2D eigenvalue weighted by atomic mass is 10.2. The van der Waals surface area contributed by atoms with Gasteiger partial charge >= 0.3 is 6.18 Å². The summed E-state index contributed by atoms with van der Waals surface area (Å²) in [6, 6.07) is 1.57. The fourth-order valence-corrected chi connectivity index (χ4v) is 1.66. The van der Waals surface area contributed by atoms with E-state index in [-0.39, 0.29) is 24.1 Å². The molecule has 0 bridgehead atoms. The highest BCUT2D eigenvalue weighted by atomic mass is 19.4. The van der Waals surface area contributed by atoms with E-state index in [4.69, 9.17) is 5.73 Å². The molecular weight excluding hydrogens is 273 g/mol. The minimum Gasteiger partial charge on any atom is -0.384 e. The van der Waals surface area contributed by atoms with E-state index in [0.717, 1.165) is 12.1 Å². The summed E-state index contributed by atoms with van der Waals surface area (Å²) in [5.74, 6) is -0.539. The lowest BCUT2D eigenvalue weighted by Gasteiger charge is -2.19. The fourth-order valence-electron chi connectivity index (χ4n) is 1.66. The summed E-state index contributed by atoms with van der Waals surface area (Å²) in [5, 5.41) is 2.56. The largest absolute Gasteiger partial charge is 0.416 e. The average Bonchev–Trinajstić information content (AvgIpc) is 2.36. The van der Waals surface area contributed by atoms with Crippen molar-refractivity contribution in [1.82, 2.24) is 9.88 Å². The number of carbonyl (C=O) groups is 1. The molecule has 0 atom stereocenters. The van der Waals surface area contributed by atoms with Crippen LogP contribution in [0.15, 0.2) is 12.1 Å². The van der Waals surface area contributed by atoms with Crippen molar-refractivity contribution in [3.05, 3.63) is 17.7 Å². The quantitative estimate of drug-likeness (QED) is 0.869. The molecule has 0 saturated carbocycles. The van der Waals surface area contributed by atoms with Gasteiger partial charge in [0.05, 0.1) is 12.1 Å². The van der Waals surface area contributed by atoms with Crippen molar-refractivity contribution >= 4 is 17.5 Å². The summed E-state index contributed by atoms with van der Waals surface area (Å²) in [7, 11) is 0. The molecule has 1 aromatic rings. The van der Waals surface area contributed by atoms with Crippen molar-refractivity contribution in [3.63, 3.8) is 0 Å². The number of halogens is 3. The molecule has 0 radical (unpaired) electrons. The zero-order chi connectivity index (χ0) is 15.3. The van der Waals surface area contributed by atoms with Gasteiger partial charge in [0.25, 0.3) is 0 Å². The first-order valence-corrected chi connectivity index (χ1v) is 6.14. The maximum Gasteiger partial charge on any atom is 0.416 e. The predicted octanol–water partition coefficient (Wildman–Crippen LogP) is 1.96. The normalized spacial score (nSPS) is 11.2. The summed E-state index contributed by atoms with van der Waals surface area (Å²) in [5.41, 5.74) is 4.43. The van der Waals surface area contributed by atoms with Crippen LogP contribution >= 0.6 is 0 Å². The molecule has 0 saturated heterocycles. The Labute approximate surface area is 115 Å². The second kappa shape index (κ2) is 6.44. The molecule has 0 fully saturated rings. The highest BCUT2D eigenvalue weighted by Gasteiger charge is 2.31. The van der Waals surface area contributed by atoms with Crippen LogP contribution in [0.25, 0.3) is 0 Å². The number of hydrogen-bond donors (Lipinski definition) is 2. The Bertz CT molecular complexity index is 472. The third-order valence-corrected chi connectivity index (χ3v) is 2.71. The van der Waals surface area contributed by atoms with Crippen LogP contribution in [0.3, 0.4) is 0 Å². The van der Waals surface area contributed by atoms with Crippen LogP contribution in [-0.4, -0.2) is 35.4 Å². The van der Waals surface area contributed by atoms with Gasteiger partial charge in [-0.2, -0.15) is 13.2 Å². The van der Waals surface area contributed by atoms with Gasteiger partial charge in [-0.1, -0.05) is 0 Å². The summed E-state index contributed by atoms with van der Waals surface area (Å²) < 4.78 is 37.8. The number of nitrogens with two attached hydrogens (primary N) is 1. The van der Waals surface area contributed by atoms with E-state index in [0.29, 0.717) is 13.1 Å². The van der Waals surface area contributed by atoms with Crippen molar-refractivity contribution in [3.8, 4) is 0 Å². The summed E-state index contributed by atoms with van der Waals surface area (Å²) in [6.45, 7) is 4.59. The first-order chi connectivity index (χ1) is 9.27. The molecule has 0 aliphatic rings. The lowest BCUT2D eigenvalue weighted by molar-refractivity contribution is -0.137. The van der Waals surface area contributed by atoms with Crippen molar-refractivity contribution in [2.75, 3.05) is 30.7 Å². The van der Waals surface area contributed by atoms with Gasteiger partial charge < -0.3 is 16.0 Å². The third-order valence-electron chi connectivity index (χ3n) is 2.71. The Morgan fingerprint density at radius 3 is 2.45 bits per heavy atom. The number of amides is 1. The number of aromatic nitrogens is 1. The molecule has 3 N–H and O–H groups in total. The van der Waals surface area contributed by atoms with Crippen LogP contribution < -0.4 is 11.1 Å². The Balaban J connectivity index is 2.79. The lowest BCUT2D eigenvalue weighted by Crippen LogP contribution is -2.35. The number of alkyl halides is 3. The van der Waals surface area contributed by atoms with Crippen LogP contribution in [0.5, 0.6) is 0 Å². The van der Waals surface area contributed by atoms with Gasteiger partial charge in [-0.25, -0.2) is 4.98 Å². The van der Waals surface area contributed by atoms with Crippen molar-refractivity contribution in [2.45, 2.75) is 20.0 Å². The molecule has 20 heavy (non-hydrogen) atoms. The molecule has 0 unspecified atom stereocenters. The highest BCUT2D eigenvalue weighted by Crippen LogP contribution is 2.31. The molecule has 0 aromatic carbocycles. The summed E-state index contributed by atoms with van der Waals surface area (Å²) in [6.07, 6.45) is -4.50. The standard InChI is InChI=1S/C12H17F3N4O/c1-3-19(4-2)11(20)7-17-10-6-8(12(13,14)15)5-9(16)18-10/h5-6H,3-4,7H2,1-2H3,(H3,16,17,18). The van der Waals surface area contributed by atoms with Gasteiger partial charge in [0, 0.05) is 13.1 Å². The molecule has 1 amide bonds. The second-order valence-electron chi connectivity index (χ2n) is 4.08. The Kier molecular flexibility index (Phi) is 5.18. The summed E-state index contributed by atoms with van der Waals surface area (Å²) >= 11 is 0. The Hall–Kier alpha value is -1.99. The highest BCUT2D eigenvalue weighted by molar-refractivity contribution is 5.80. The van der Waals surface area contributed by atoms with Crippen LogP contribution in [0.2, 0.25) is 0 Å². The topological polar surface area (TPSA) is 71.2 Å². The van der Waals surface area contributed by atoms with Crippen molar-refractivity contribution < 1.29 is 18.0 Å². The molecule has 8 heteroatoms. The van der Waals surface area contributed by atoms with Crippen molar-refractivity contribution in [1.29, 1.82) is 0 Å². The zero-order valence-corrected chi connectivity index (χ0v) is 11.3. The van der Waals surface area contributed by atoms with Gasteiger partial charge in [0.15, 0.2) is 0 Å². The van der Waals surface area contributed by atoms with Gasteiger partial charge in [0.2, 0.25) is 5.91 Å². The Morgan fingerprint density at radius 1 is 1.35 bits per heavy atom. The molecule has 0 aliphatic carbocycles. The number of anilines is 2. The first-order valence-electron chi connectivity index (χ1n) is 6.14. The molecule has 112 valence electrons. The first kappa shape index (κ1) is 16.1. The van der Waals surface area contributed by atoms with Crippen LogP contribution in [0.1, 0.15) is 19.4 Å². The zero-order valence-electron chi connectivity index (χ0n) is 11.3. The number of hydrogen-bond acceptors (Lipinski definition) is 4. The molecule has 0 spiro atoms. The van der Waals surface area contributed by atoms with Gasteiger partial charge in [-0.15, -0.1) is 0 Å². The number of nitrogen functional groups attached to an aromatic ring is 1. The van der Waals surface area contributed by atoms with Gasteiger partial charge in [-0.05, 0) is 26.0 Å². The Morgan fingerprint density at radius 2 is 1.95 bits per heavy atom. The van der Waals surface area contributed by atoms with Crippen LogP contribution in [-0.2, 0) is 11.0 Å². The summed E-state index contributed by atoms with van der Waals surface area (Å²) in [4.78, 5) is 17.0. The SMILES string of the molecule is CCN(CC)C(=O)CNc1cc(C(F)(F)F)cc(N)n1. The minimum absolute atomic E-state index is 0.0715. The maximum absolute atomic E-state index is 12.6. The third kappa shape index (κ3) is 4.29. The van der Waals surface area contributed by atoms with E-state index in [1.807, 2.05) is 13.8 Å². The van der Waals surface area contributed by atoms with E-state index in [2.05, 4.69) is 10.3 Å². The molecule has 5 nitrogen and oxygen atoms in total. The number of nitrogens with one attached hydrogen (secondary N) is 1. The number of nitrogens with zero attached hydrogens (tertiary/aromatic N) is 2. The average molecular weight is 290 g/mol. The van der Waals surface area contributed by atoms with E-state index in [1.54, 1.807) is 4.90 Å². The molecular formula is C12H17F3N4O. The van der Waals surface area contributed by atoms with E-state index >= 15 is 0 Å². The smallest absolute Gasteiger partial charge is 0.384 e. The number of pyridine rings is 1. The van der Waals surface area contributed by atoms with E-state index in [9.17, 15) is 18.0 Å². The maximum atomic E-state index is 12.6. The fraction of sp³-hybridized carbons (Fsp3) is 0.500. The van der Waals surface area contributed by atoms with Gasteiger partial charge in [0.1, 0.15) is 11.6 Å². The molecule has 0 aliphatic heterocycles. The second-order valence-corrected chi connectivity index (χ2v) is 4.08. The number of carbonyl (C=O) groups excluding carboxylic acids is 1. The van der Waals surface area contributed by atoms with Crippen LogP contribution in [0, 0.1) is 0 Å². The van der Waals surface area contributed by atoms with E-state index < -0.39 is 11.7 Å². The molecule has 1 aromatic heterocycles. The number of rotatable bonds is 5.